The Morgan fingerprint density at radius 3 is 1.52 bits per heavy atom. The molecule has 18 heteroatoms. The van der Waals surface area contributed by atoms with Crippen molar-refractivity contribution in [2.75, 3.05) is 0 Å². The van der Waals surface area contributed by atoms with E-state index in [1.165, 1.54) is 0 Å². The van der Waals surface area contributed by atoms with Gasteiger partial charge in [-0.25, -0.2) is 0 Å². The highest BCUT2D eigenvalue weighted by Gasteiger charge is 2.48. The summed E-state index contributed by atoms with van der Waals surface area (Å²) in [4.78, 5) is 0. The van der Waals surface area contributed by atoms with E-state index in [1.54, 1.807) is 0 Å². The molecule has 1 N–H and O–H groups in total. The molecule has 0 amide bonds. The number of aromatic hydroxyl groups is 1. The fourth-order valence-electron chi connectivity index (χ4n) is 1.60. The maximum atomic E-state index is 12.0. The van der Waals surface area contributed by atoms with Gasteiger partial charge in [0.15, 0.2) is 5.75 Å². The summed E-state index contributed by atoms with van der Waals surface area (Å²) in [6.07, 6.45) is -9.79. The van der Waals surface area contributed by atoms with Crippen LogP contribution in [0.1, 0.15) is 0 Å². The summed E-state index contributed by atoms with van der Waals surface area (Å²) < 4.78 is 139. The molecule has 2 aromatic rings. The quantitative estimate of drug-likeness (QED) is 0.266. The van der Waals surface area contributed by atoms with Crippen LogP contribution in [0.5, 0.6) is 23.0 Å². The van der Waals surface area contributed by atoms with Gasteiger partial charge in [0.2, 0.25) is 0 Å². The van der Waals surface area contributed by atoms with E-state index in [1.807, 2.05) is 0 Å². The van der Waals surface area contributed by atoms with Crippen molar-refractivity contribution >= 4 is 33.3 Å². The SMILES string of the molecule is O=S(=O)(Oc1ccc(OC(F)(F)F)cc1Cl)C(F)(F)F.Oc1ccc(OC(F)(F)F)cc1Cl. The Hall–Kier alpha value is -2.46. The van der Waals surface area contributed by atoms with Crippen molar-refractivity contribution < 1.29 is 66.7 Å². The average Bonchev–Trinajstić information content (AvgIpc) is 2.57. The average molecular weight is 557 g/mol. The van der Waals surface area contributed by atoms with Gasteiger partial charge in [-0.1, -0.05) is 23.2 Å². The van der Waals surface area contributed by atoms with E-state index in [-0.39, 0.29) is 10.8 Å². The third kappa shape index (κ3) is 9.91. The van der Waals surface area contributed by atoms with Crippen molar-refractivity contribution in [3.8, 4) is 23.0 Å². The molecule has 6 nitrogen and oxygen atoms in total. The largest absolute Gasteiger partial charge is 0.573 e. The van der Waals surface area contributed by atoms with Crippen LogP contribution in [0, 0.1) is 0 Å². The maximum Gasteiger partial charge on any atom is 0.573 e. The standard InChI is InChI=1S/C8H3ClF6O4S.C7H4ClF3O2/c9-5-3-4(18-7(10,11)12)1-2-6(5)19-20(16,17)8(13,14)15;8-5-3-4(1-2-6(5)12)13-7(9,10)11/h1-3H;1-3,12H. The molecule has 0 atom stereocenters. The van der Waals surface area contributed by atoms with E-state index in [0.717, 1.165) is 18.2 Å². The molecule has 0 spiro atoms. The highest BCUT2D eigenvalue weighted by atomic mass is 35.5. The summed E-state index contributed by atoms with van der Waals surface area (Å²) in [6, 6.07) is 4.35. The Morgan fingerprint density at radius 1 is 0.727 bits per heavy atom. The lowest BCUT2D eigenvalue weighted by Crippen LogP contribution is -2.28. The van der Waals surface area contributed by atoms with Crippen molar-refractivity contribution in [1.29, 1.82) is 0 Å². The van der Waals surface area contributed by atoms with Gasteiger partial charge in [0.1, 0.15) is 17.2 Å². The molecule has 186 valence electrons. The van der Waals surface area contributed by atoms with E-state index in [0.29, 0.717) is 18.2 Å². The maximum absolute atomic E-state index is 12.0. The fraction of sp³-hybridized carbons (Fsp3) is 0.200. The number of alkyl halides is 9. The van der Waals surface area contributed by atoms with Gasteiger partial charge in [-0.15, -0.1) is 26.3 Å². The molecule has 0 unspecified atom stereocenters. The number of rotatable bonds is 4. The van der Waals surface area contributed by atoms with Crippen molar-refractivity contribution in [1.82, 2.24) is 0 Å². The molecule has 0 radical (unpaired) electrons. The van der Waals surface area contributed by atoms with Gasteiger partial charge >= 0.3 is 28.4 Å². The summed E-state index contributed by atoms with van der Waals surface area (Å²) in [6.45, 7) is 0. The monoisotopic (exact) mass is 556 g/mol. The van der Waals surface area contributed by atoms with Crippen LogP contribution >= 0.6 is 23.2 Å². The first-order chi connectivity index (χ1) is 14.7. The van der Waals surface area contributed by atoms with Crippen molar-refractivity contribution in [2.45, 2.75) is 18.2 Å². The summed E-state index contributed by atoms with van der Waals surface area (Å²) in [7, 11) is -5.97. The Balaban J connectivity index is 0.000000361. The zero-order valence-corrected chi connectivity index (χ0v) is 17.3. The second kappa shape index (κ2) is 10.2. The highest BCUT2D eigenvalue weighted by Crippen LogP contribution is 2.35. The van der Waals surface area contributed by atoms with Crippen molar-refractivity contribution in [3.63, 3.8) is 0 Å². The van der Waals surface area contributed by atoms with Crippen LogP contribution in [0.25, 0.3) is 0 Å². The van der Waals surface area contributed by atoms with Gasteiger partial charge in [-0.3, -0.25) is 0 Å². The van der Waals surface area contributed by atoms with Crippen LogP contribution in [-0.4, -0.2) is 31.8 Å². The molecule has 0 fully saturated rings. The van der Waals surface area contributed by atoms with Crippen LogP contribution in [-0.2, 0) is 10.1 Å². The Bertz CT molecular complexity index is 1070. The van der Waals surface area contributed by atoms with E-state index >= 15 is 0 Å². The minimum absolute atomic E-state index is 0.193. The Morgan fingerprint density at radius 2 is 1.15 bits per heavy atom. The van der Waals surface area contributed by atoms with Gasteiger partial charge in [-0.2, -0.15) is 21.6 Å². The van der Waals surface area contributed by atoms with Crippen molar-refractivity contribution in [3.05, 3.63) is 46.4 Å². The zero-order chi connectivity index (χ0) is 25.8. The molecule has 0 aliphatic rings. The summed E-state index contributed by atoms with van der Waals surface area (Å²) >= 11 is 10.7. The molecule has 0 saturated heterocycles. The topological polar surface area (TPSA) is 82.1 Å². The van der Waals surface area contributed by atoms with E-state index < -0.39 is 50.6 Å². The van der Waals surface area contributed by atoms with Crippen LogP contribution in [0.3, 0.4) is 0 Å². The fourth-order valence-corrected chi connectivity index (χ4v) is 2.50. The first kappa shape index (κ1) is 28.6. The molecule has 33 heavy (non-hydrogen) atoms. The molecule has 0 heterocycles. The van der Waals surface area contributed by atoms with Gasteiger partial charge < -0.3 is 18.8 Å². The van der Waals surface area contributed by atoms with Gasteiger partial charge in [-0.05, 0) is 24.3 Å². The highest BCUT2D eigenvalue weighted by molar-refractivity contribution is 7.88. The second-order valence-electron chi connectivity index (χ2n) is 5.28. The summed E-state index contributed by atoms with van der Waals surface area (Å²) in [5.74, 6) is -2.59. The van der Waals surface area contributed by atoms with Crippen LogP contribution in [0.2, 0.25) is 10.0 Å². The molecule has 0 aromatic heterocycles. The molecular weight excluding hydrogens is 550 g/mol. The number of hydrogen-bond acceptors (Lipinski definition) is 6. The third-order valence-corrected chi connectivity index (χ3v) is 4.34. The van der Waals surface area contributed by atoms with Crippen LogP contribution in [0.15, 0.2) is 36.4 Å². The minimum atomic E-state index is -5.97. The van der Waals surface area contributed by atoms with Gasteiger partial charge in [0, 0.05) is 12.1 Å². The van der Waals surface area contributed by atoms with Crippen molar-refractivity contribution in [2.24, 2.45) is 0 Å². The number of halogens is 11. The summed E-state index contributed by atoms with van der Waals surface area (Å²) in [5, 5.41) is 7.87. The number of ether oxygens (including phenoxy) is 2. The zero-order valence-electron chi connectivity index (χ0n) is 15.0. The number of phenolic OH excluding ortho intramolecular Hbond substituents is 1. The van der Waals surface area contributed by atoms with Crippen LogP contribution < -0.4 is 13.7 Å². The molecule has 0 bridgehead atoms. The first-order valence-electron chi connectivity index (χ1n) is 7.50. The molecule has 2 rings (SSSR count). The summed E-state index contributed by atoms with van der Waals surface area (Å²) in [5.41, 5.74) is -5.70. The molecule has 0 saturated carbocycles. The molecular formula is C15H7Cl2F9O6S. The minimum Gasteiger partial charge on any atom is -0.506 e. The lowest BCUT2D eigenvalue weighted by atomic mass is 10.3. The predicted molar refractivity (Wildman–Crippen MR) is 93.5 cm³/mol. The molecule has 0 aliphatic carbocycles. The van der Waals surface area contributed by atoms with Gasteiger partial charge in [0.25, 0.3) is 0 Å². The first-order valence-corrected chi connectivity index (χ1v) is 9.67. The number of benzene rings is 2. The Kier molecular flexibility index (Phi) is 8.84. The van der Waals surface area contributed by atoms with E-state index in [4.69, 9.17) is 28.3 Å². The Labute approximate surface area is 188 Å². The number of phenols is 1. The molecule has 2 aromatic carbocycles. The number of hydrogen-bond donors (Lipinski definition) is 1. The third-order valence-electron chi connectivity index (χ3n) is 2.77. The van der Waals surface area contributed by atoms with E-state index in [2.05, 4.69) is 13.7 Å². The lowest BCUT2D eigenvalue weighted by Gasteiger charge is -2.12. The van der Waals surface area contributed by atoms with Gasteiger partial charge in [0.05, 0.1) is 10.0 Å². The lowest BCUT2D eigenvalue weighted by molar-refractivity contribution is -0.275. The second-order valence-corrected chi connectivity index (χ2v) is 7.64. The predicted octanol–water partition coefficient (Wildman–Crippen LogP) is 6.41. The normalized spacial score (nSPS) is 12.5. The van der Waals surface area contributed by atoms with E-state index in [9.17, 15) is 47.9 Å². The smallest absolute Gasteiger partial charge is 0.506 e. The molecule has 0 aliphatic heterocycles. The van der Waals surface area contributed by atoms with Crippen LogP contribution in [0.4, 0.5) is 39.5 Å².